The van der Waals surface area contributed by atoms with Crippen LogP contribution in [0.2, 0.25) is 5.02 Å². The van der Waals surface area contributed by atoms with Crippen LogP contribution in [0.5, 0.6) is 0 Å². The molecule has 0 saturated heterocycles. The van der Waals surface area contributed by atoms with E-state index in [9.17, 15) is 4.79 Å². The first-order chi connectivity index (χ1) is 22.9. The smallest absolute Gasteiger partial charge is 0.226 e. The minimum atomic E-state index is -0.00307. The molecule has 0 atom stereocenters. The van der Waals surface area contributed by atoms with Crippen molar-refractivity contribution in [2.24, 2.45) is 0 Å². The summed E-state index contributed by atoms with van der Waals surface area (Å²) in [5.74, 6) is 2.78. The third-order valence-electron chi connectivity index (χ3n) is 7.59. The fourth-order valence-electron chi connectivity index (χ4n) is 5.13. The molecule has 0 spiro atoms. The number of nitrogen functional groups attached to an aromatic ring is 1. The molecule has 2 heterocycles. The summed E-state index contributed by atoms with van der Waals surface area (Å²) in [6, 6.07) is 42.3. The molecule has 0 saturated carbocycles. The highest BCUT2D eigenvalue weighted by Gasteiger charge is 2.15. The van der Waals surface area contributed by atoms with E-state index in [-0.39, 0.29) is 5.78 Å². The molecular formula is C40H32ClN3O3. The predicted molar refractivity (Wildman–Crippen MR) is 188 cm³/mol. The quantitative estimate of drug-likeness (QED) is 0.138. The fourth-order valence-corrected chi connectivity index (χ4v) is 5.37. The van der Waals surface area contributed by atoms with Gasteiger partial charge in [-0.2, -0.15) is 0 Å². The lowest BCUT2D eigenvalue weighted by Gasteiger charge is -2.04. The van der Waals surface area contributed by atoms with Crippen molar-refractivity contribution >= 4 is 23.1 Å². The number of aryl methyl sites for hydroxylation is 2. The van der Waals surface area contributed by atoms with E-state index in [0.29, 0.717) is 28.8 Å². The number of Topliss-reactive ketones (excluding diaryl/α,β-unsaturated/α-hetero) is 1. The zero-order valence-corrected chi connectivity index (χ0v) is 26.7. The van der Waals surface area contributed by atoms with Gasteiger partial charge in [-0.3, -0.25) is 4.79 Å². The van der Waals surface area contributed by atoms with Crippen molar-refractivity contribution in [3.8, 4) is 45.4 Å². The Morgan fingerprint density at radius 1 is 0.596 bits per heavy atom. The molecule has 5 aromatic carbocycles. The largest absolute Gasteiger partial charge is 0.441 e. The number of aromatic nitrogens is 2. The van der Waals surface area contributed by atoms with Crippen molar-refractivity contribution < 1.29 is 13.6 Å². The van der Waals surface area contributed by atoms with Crippen molar-refractivity contribution in [3.63, 3.8) is 0 Å². The topological polar surface area (TPSA) is 95.2 Å². The van der Waals surface area contributed by atoms with Gasteiger partial charge in [0.1, 0.15) is 22.9 Å². The highest BCUT2D eigenvalue weighted by atomic mass is 35.5. The maximum Gasteiger partial charge on any atom is 0.226 e. The molecular weight excluding hydrogens is 606 g/mol. The molecule has 7 rings (SSSR count). The third kappa shape index (κ3) is 7.40. The van der Waals surface area contributed by atoms with E-state index in [1.54, 1.807) is 12.1 Å². The van der Waals surface area contributed by atoms with Gasteiger partial charge in [0, 0.05) is 39.9 Å². The Labute approximate surface area is 278 Å². The molecule has 7 aromatic rings. The monoisotopic (exact) mass is 637 g/mol. The van der Waals surface area contributed by atoms with Crippen LogP contribution in [0.25, 0.3) is 45.4 Å². The first kappa shape index (κ1) is 31.3. The molecule has 0 amide bonds. The van der Waals surface area contributed by atoms with E-state index in [4.69, 9.17) is 26.2 Å². The van der Waals surface area contributed by atoms with Gasteiger partial charge < -0.3 is 14.6 Å². The highest BCUT2D eigenvalue weighted by molar-refractivity contribution is 6.34. The standard InChI is InChI=1S/C24H18ClNO2.C16H14N2O/c1-16-23(18-7-3-2-4-8-18)26-24(28-16)19-13-11-17(12-14-19)15-22(27)20-9-5-6-10-21(20)25;1-11-15(12-5-3-2-4-6-12)18-16(19-11)13-7-9-14(17)10-8-13/h2-14H,15H2,1H3;2-10H,17H2,1H3. The van der Waals surface area contributed by atoms with Gasteiger partial charge in [0.2, 0.25) is 11.8 Å². The number of nitrogens with zero attached hydrogens (tertiary/aromatic N) is 2. The number of hydrogen-bond donors (Lipinski definition) is 1. The van der Waals surface area contributed by atoms with Crippen molar-refractivity contribution in [3.05, 3.63) is 161 Å². The lowest BCUT2D eigenvalue weighted by molar-refractivity contribution is 0.0993. The Morgan fingerprint density at radius 2 is 1.04 bits per heavy atom. The number of hydrogen-bond acceptors (Lipinski definition) is 6. The SMILES string of the molecule is Cc1oc(-c2ccc(CC(=O)c3ccccc3Cl)cc2)nc1-c1ccccc1.Cc1oc(-c2ccc(N)cc2)nc1-c1ccccc1. The Balaban J connectivity index is 0.000000177. The zero-order valence-electron chi connectivity index (χ0n) is 26.0. The lowest BCUT2D eigenvalue weighted by atomic mass is 10.0. The lowest BCUT2D eigenvalue weighted by Crippen LogP contribution is -2.04. The second kappa shape index (κ2) is 14.1. The van der Waals surface area contributed by atoms with E-state index < -0.39 is 0 Å². The van der Waals surface area contributed by atoms with Gasteiger partial charge in [-0.05, 0) is 67.9 Å². The van der Waals surface area contributed by atoms with Crippen LogP contribution in [0, 0.1) is 13.8 Å². The number of carbonyl (C=O) groups excluding carboxylic acids is 1. The Morgan fingerprint density at radius 3 is 1.53 bits per heavy atom. The molecule has 0 aliphatic heterocycles. The Kier molecular flexibility index (Phi) is 9.41. The predicted octanol–water partition coefficient (Wildman–Crippen LogP) is 10.3. The third-order valence-corrected chi connectivity index (χ3v) is 7.91. The summed E-state index contributed by atoms with van der Waals surface area (Å²) < 4.78 is 11.6. The summed E-state index contributed by atoms with van der Waals surface area (Å²) in [6.45, 7) is 3.84. The Bertz CT molecular complexity index is 2100. The van der Waals surface area contributed by atoms with Crippen molar-refractivity contribution in [1.82, 2.24) is 9.97 Å². The summed E-state index contributed by atoms with van der Waals surface area (Å²) >= 11 is 6.12. The van der Waals surface area contributed by atoms with Crippen LogP contribution in [0.3, 0.4) is 0 Å². The second-order valence-electron chi connectivity index (χ2n) is 11.0. The number of halogens is 1. The van der Waals surface area contributed by atoms with Gasteiger partial charge >= 0.3 is 0 Å². The minimum Gasteiger partial charge on any atom is -0.441 e. The van der Waals surface area contributed by atoms with E-state index in [1.165, 1.54) is 0 Å². The van der Waals surface area contributed by atoms with Gasteiger partial charge in [0.05, 0.1) is 5.02 Å². The second-order valence-corrected chi connectivity index (χ2v) is 11.4. The van der Waals surface area contributed by atoms with Gasteiger partial charge in [-0.15, -0.1) is 0 Å². The van der Waals surface area contributed by atoms with Crippen molar-refractivity contribution in [2.45, 2.75) is 20.3 Å². The molecule has 6 nitrogen and oxygen atoms in total. The number of nitrogens with two attached hydrogens (primary N) is 1. The summed E-state index contributed by atoms with van der Waals surface area (Å²) in [5, 5.41) is 0.479. The van der Waals surface area contributed by atoms with Crippen LogP contribution in [-0.2, 0) is 6.42 Å². The molecule has 0 bridgehead atoms. The molecule has 0 radical (unpaired) electrons. The molecule has 2 aromatic heterocycles. The molecule has 0 aliphatic rings. The minimum absolute atomic E-state index is 0.00307. The maximum absolute atomic E-state index is 12.5. The van der Waals surface area contributed by atoms with Gasteiger partial charge in [0.25, 0.3) is 0 Å². The summed E-state index contributed by atoms with van der Waals surface area (Å²) in [6.07, 6.45) is 0.296. The summed E-state index contributed by atoms with van der Waals surface area (Å²) in [7, 11) is 0. The van der Waals surface area contributed by atoms with Crippen LogP contribution < -0.4 is 5.73 Å². The number of ketones is 1. The van der Waals surface area contributed by atoms with E-state index >= 15 is 0 Å². The van der Waals surface area contributed by atoms with Crippen LogP contribution >= 0.6 is 11.6 Å². The summed E-state index contributed by atoms with van der Waals surface area (Å²) in [4.78, 5) is 21.7. The molecule has 2 N–H and O–H groups in total. The number of benzene rings is 5. The molecule has 7 heteroatoms. The number of rotatable bonds is 7. The van der Waals surface area contributed by atoms with Gasteiger partial charge in [-0.1, -0.05) is 96.5 Å². The van der Waals surface area contributed by atoms with Crippen LogP contribution in [0.1, 0.15) is 27.4 Å². The highest BCUT2D eigenvalue weighted by Crippen LogP contribution is 2.30. The average molecular weight is 638 g/mol. The molecule has 47 heavy (non-hydrogen) atoms. The number of anilines is 1. The Hall–Kier alpha value is -5.72. The first-order valence-electron chi connectivity index (χ1n) is 15.1. The van der Waals surface area contributed by atoms with E-state index in [1.807, 2.05) is 135 Å². The zero-order chi connectivity index (χ0) is 32.8. The van der Waals surface area contributed by atoms with Crippen LogP contribution in [0.15, 0.2) is 142 Å². The van der Waals surface area contributed by atoms with Crippen molar-refractivity contribution in [1.29, 1.82) is 0 Å². The van der Waals surface area contributed by atoms with Gasteiger partial charge in [-0.25, -0.2) is 9.97 Å². The first-order valence-corrected chi connectivity index (χ1v) is 15.5. The van der Waals surface area contributed by atoms with Crippen LogP contribution in [-0.4, -0.2) is 15.8 Å². The molecule has 232 valence electrons. The average Bonchev–Trinajstić information content (AvgIpc) is 3.69. The van der Waals surface area contributed by atoms with Crippen molar-refractivity contribution in [2.75, 3.05) is 5.73 Å². The number of oxazole rings is 2. The molecule has 0 aliphatic carbocycles. The van der Waals surface area contributed by atoms with Crippen LogP contribution in [0.4, 0.5) is 5.69 Å². The maximum atomic E-state index is 12.5. The summed E-state index contributed by atoms with van der Waals surface area (Å²) in [5.41, 5.74) is 13.5. The fraction of sp³-hybridized carbons (Fsp3) is 0.0750. The molecule has 0 fully saturated rings. The molecule has 0 unspecified atom stereocenters. The van der Waals surface area contributed by atoms with Gasteiger partial charge in [0.15, 0.2) is 5.78 Å². The van der Waals surface area contributed by atoms with E-state index in [0.717, 1.165) is 56.4 Å². The normalized spacial score (nSPS) is 10.7. The number of carbonyl (C=O) groups is 1. The van der Waals surface area contributed by atoms with E-state index in [2.05, 4.69) is 9.97 Å².